The molecule has 29 heavy (non-hydrogen) atoms. The van der Waals surface area contributed by atoms with E-state index in [1.54, 1.807) is 0 Å². The second-order valence-electron chi connectivity index (χ2n) is 12.0. The highest BCUT2D eigenvalue weighted by Gasteiger charge is 2.44. The van der Waals surface area contributed by atoms with Gasteiger partial charge in [0.15, 0.2) is 0 Å². The van der Waals surface area contributed by atoms with Gasteiger partial charge in [-0.25, -0.2) is 0 Å². The van der Waals surface area contributed by atoms with Crippen molar-refractivity contribution in [2.24, 2.45) is 47.3 Å². The molecule has 0 aromatic heterocycles. The number of hydrogen-bond donors (Lipinski definition) is 2. The molecule has 8 atom stereocenters. The molecule has 0 spiro atoms. The van der Waals surface area contributed by atoms with Crippen LogP contribution in [0.15, 0.2) is 0 Å². The molecule has 2 N–H and O–H groups in total. The van der Waals surface area contributed by atoms with Crippen LogP contribution in [0.3, 0.4) is 0 Å². The molecule has 168 valence electrons. The molecule has 4 aliphatic rings. The van der Waals surface area contributed by atoms with Crippen molar-refractivity contribution in [2.45, 2.75) is 122 Å². The highest BCUT2D eigenvalue weighted by Crippen LogP contribution is 2.48. The Labute approximate surface area is 180 Å². The highest BCUT2D eigenvalue weighted by molar-refractivity contribution is 4.94. The van der Waals surface area contributed by atoms with Crippen molar-refractivity contribution >= 4 is 0 Å². The molecule has 0 bridgehead atoms. The lowest BCUT2D eigenvalue weighted by atomic mass is 9.60. The molecule has 0 heterocycles. The SMILES string of the molecule is CC1CC(CC2CC(C)CC(C3CCCCC3)C2O)C(O)C(C2CCCCC2)C1. The van der Waals surface area contributed by atoms with Gasteiger partial charge in [-0.2, -0.15) is 0 Å². The largest absolute Gasteiger partial charge is 0.393 e. The van der Waals surface area contributed by atoms with Gasteiger partial charge in [-0.3, -0.25) is 0 Å². The van der Waals surface area contributed by atoms with Crippen LogP contribution in [-0.2, 0) is 0 Å². The molecule has 0 aliphatic heterocycles. The third kappa shape index (κ3) is 5.22. The zero-order valence-corrected chi connectivity index (χ0v) is 19.3. The molecule has 0 aromatic rings. The van der Waals surface area contributed by atoms with Crippen molar-refractivity contribution in [2.75, 3.05) is 0 Å². The van der Waals surface area contributed by atoms with Crippen LogP contribution in [0.25, 0.3) is 0 Å². The summed E-state index contributed by atoms with van der Waals surface area (Å²) in [5, 5.41) is 22.8. The fourth-order valence-electron chi connectivity index (χ4n) is 8.34. The van der Waals surface area contributed by atoms with Gasteiger partial charge in [-0.15, -0.1) is 0 Å². The van der Waals surface area contributed by atoms with Gasteiger partial charge in [-0.05, 0) is 79.4 Å². The number of aliphatic hydroxyl groups is 2. The molecule has 0 aromatic carbocycles. The van der Waals surface area contributed by atoms with Gasteiger partial charge in [0, 0.05) is 0 Å². The van der Waals surface area contributed by atoms with Crippen LogP contribution in [0.4, 0.5) is 0 Å². The minimum atomic E-state index is -0.119. The minimum Gasteiger partial charge on any atom is -0.393 e. The maximum Gasteiger partial charge on any atom is 0.0599 e. The summed E-state index contributed by atoms with van der Waals surface area (Å²) >= 11 is 0. The predicted molar refractivity (Wildman–Crippen MR) is 121 cm³/mol. The Kier molecular flexibility index (Phi) is 7.65. The summed E-state index contributed by atoms with van der Waals surface area (Å²) in [4.78, 5) is 0. The number of rotatable bonds is 4. The molecular weight excluding hydrogens is 356 g/mol. The summed E-state index contributed by atoms with van der Waals surface area (Å²) in [5.74, 6) is 4.88. The lowest BCUT2D eigenvalue weighted by Crippen LogP contribution is -2.45. The van der Waals surface area contributed by atoms with Gasteiger partial charge in [0.25, 0.3) is 0 Å². The number of hydrogen-bond acceptors (Lipinski definition) is 2. The Balaban J connectivity index is 1.41. The van der Waals surface area contributed by atoms with E-state index in [2.05, 4.69) is 13.8 Å². The Hall–Kier alpha value is -0.0800. The summed E-state index contributed by atoms with van der Waals surface area (Å²) in [5.41, 5.74) is 0. The molecule has 0 radical (unpaired) electrons. The van der Waals surface area contributed by atoms with Crippen LogP contribution in [0.5, 0.6) is 0 Å². The minimum absolute atomic E-state index is 0.119. The van der Waals surface area contributed by atoms with Gasteiger partial charge in [0.1, 0.15) is 0 Å². The average molecular weight is 405 g/mol. The van der Waals surface area contributed by atoms with E-state index in [0.717, 1.165) is 30.1 Å². The van der Waals surface area contributed by atoms with E-state index >= 15 is 0 Å². The third-order valence-electron chi connectivity index (χ3n) is 9.72. The lowest BCUT2D eigenvalue weighted by Gasteiger charge is -2.47. The quantitative estimate of drug-likeness (QED) is 0.555. The maximum atomic E-state index is 11.4. The van der Waals surface area contributed by atoms with Crippen LogP contribution in [0.1, 0.15) is 110 Å². The van der Waals surface area contributed by atoms with Gasteiger partial charge in [0.2, 0.25) is 0 Å². The first-order valence-electron chi connectivity index (χ1n) is 13.4. The fraction of sp³-hybridized carbons (Fsp3) is 1.00. The molecule has 4 saturated carbocycles. The molecule has 0 amide bonds. The third-order valence-corrected chi connectivity index (χ3v) is 9.72. The normalized spacial score (nSPS) is 45.9. The van der Waals surface area contributed by atoms with Crippen molar-refractivity contribution in [3.05, 3.63) is 0 Å². The molecule has 2 heteroatoms. The van der Waals surface area contributed by atoms with Crippen LogP contribution in [0, 0.1) is 47.3 Å². The van der Waals surface area contributed by atoms with E-state index in [0.29, 0.717) is 23.7 Å². The first-order chi connectivity index (χ1) is 14.0. The smallest absolute Gasteiger partial charge is 0.0599 e. The molecule has 4 rings (SSSR count). The standard InChI is InChI=1S/C27H48O2/c1-18-13-22(26(28)24(15-18)20-9-5-3-6-10-20)17-23-14-19(2)16-25(27(23)29)21-11-7-4-8-12-21/h18-29H,3-17H2,1-2H3. The van der Waals surface area contributed by atoms with Gasteiger partial charge in [-0.1, -0.05) is 78.1 Å². The lowest BCUT2D eigenvalue weighted by molar-refractivity contribution is -0.0749. The molecular formula is C27H48O2. The van der Waals surface area contributed by atoms with Gasteiger partial charge < -0.3 is 10.2 Å². The topological polar surface area (TPSA) is 40.5 Å². The van der Waals surface area contributed by atoms with Crippen molar-refractivity contribution in [1.82, 2.24) is 0 Å². The first kappa shape index (κ1) is 22.1. The van der Waals surface area contributed by atoms with E-state index in [-0.39, 0.29) is 12.2 Å². The van der Waals surface area contributed by atoms with Crippen molar-refractivity contribution in [1.29, 1.82) is 0 Å². The maximum absolute atomic E-state index is 11.4. The monoisotopic (exact) mass is 404 g/mol. The number of aliphatic hydroxyl groups excluding tert-OH is 2. The molecule has 8 unspecified atom stereocenters. The molecule has 2 nitrogen and oxygen atoms in total. The highest BCUT2D eigenvalue weighted by atomic mass is 16.3. The molecule has 0 saturated heterocycles. The van der Waals surface area contributed by atoms with E-state index < -0.39 is 0 Å². The van der Waals surface area contributed by atoms with Crippen LogP contribution < -0.4 is 0 Å². The Morgan fingerprint density at radius 2 is 0.931 bits per heavy atom. The summed E-state index contributed by atoms with van der Waals surface area (Å²) < 4.78 is 0. The summed E-state index contributed by atoms with van der Waals surface area (Å²) in [7, 11) is 0. The summed E-state index contributed by atoms with van der Waals surface area (Å²) in [6.45, 7) is 4.83. The Morgan fingerprint density at radius 3 is 1.31 bits per heavy atom. The van der Waals surface area contributed by atoms with Crippen LogP contribution >= 0.6 is 0 Å². The summed E-state index contributed by atoms with van der Waals surface area (Å²) in [6, 6.07) is 0. The summed E-state index contributed by atoms with van der Waals surface area (Å²) in [6.07, 6.45) is 19.3. The first-order valence-corrected chi connectivity index (χ1v) is 13.4. The van der Waals surface area contributed by atoms with E-state index in [1.807, 2.05) is 0 Å². The Bertz CT molecular complexity index is 449. The molecule has 4 fully saturated rings. The van der Waals surface area contributed by atoms with E-state index in [4.69, 9.17) is 0 Å². The van der Waals surface area contributed by atoms with Gasteiger partial charge in [0.05, 0.1) is 12.2 Å². The van der Waals surface area contributed by atoms with E-state index in [9.17, 15) is 10.2 Å². The van der Waals surface area contributed by atoms with Crippen LogP contribution in [0.2, 0.25) is 0 Å². The van der Waals surface area contributed by atoms with Crippen molar-refractivity contribution in [3.8, 4) is 0 Å². The zero-order valence-electron chi connectivity index (χ0n) is 19.3. The van der Waals surface area contributed by atoms with Crippen molar-refractivity contribution in [3.63, 3.8) is 0 Å². The second-order valence-corrected chi connectivity index (χ2v) is 12.0. The van der Waals surface area contributed by atoms with Gasteiger partial charge >= 0.3 is 0 Å². The predicted octanol–water partition coefficient (Wildman–Crippen LogP) is 6.58. The Morgan fingerprint density at radius 1 is 0.552 bits per heavy atom. The average Bonchev–Trinajstić information content (AvgIpc) is 2.74. The molecule has 4 aliphatic carbocycles. The fourth-order valence-corrected chi connectivity index (χ4v) is 8.34. The van der Waals surface area contributed by atoms with Crippen molar-refractivity contribution < 1.29 is 10.2 Å². The zero-order chi connectivity index (χ0) is 20.4. The van der Waals surface area contributed by atoms with E-state index in [1.165, 1.54) is 89.9 Å². The van der Waals surface area contributed by atoms with Crippen LogP contribution in [-0.4, -0.2) is 22.4 Å². The second kappa shape index (κ2) is 10.0.